The van der Waals surface area contributed by atoms with Crippen molar-refractivity contribution in [1.29, 1.82) is 0 Å². The first-order valence-corrected chi connectivity index (χ1v) is 7.51. The maximum absolute atomic E-state index is 6.06. The molecule has 0 aromatic heterocycles. The molecule has 1 aliphatic heterocycles. The first kappa shape index (κ1) is 11.1. The van der Waals surface area contributed by atoms with Gasteiger partial charge in [0.25, 0.3) is 0 Å². The molecule has 4 rings (SSSR count). The first-order valence-electron chi connectivity index (χ1n) is 7.51. The number of nitrogens with two attached hydrogens (primary N) is 1. The molecule has 0 radical (unpaired) electrons. The Labute approximate surface area is 108 Å². The number of fused-ring (bicyclic) bond motifs is 2. The van der Waals surface area contributed by atoms with E-state index >= 15 is 0 Å². The number of hydrogen-bond acceptors (Lipinski definition) is 2. The van der Waals surface area contributed by atoms with Crippen molar-refractivity contribution in [3.05, 3.63) is 0 Å². The van der Waals surface area contributed by atoms with Crippen molar-refractivity contribution >= 4 is 5.96 Å². The average Bonchev–Trinajstić information content (AvgIpc) is 2.89. The highest BCUT2D eigenvalue weighted by Crippen LogP contribution is 2.61. The number of aliphatic imine (C=N–C) groups is 1. The lowest BCUT2D eigenvalue weighted by Gasteiger charge is -2.54. The van der Waals surface area contributed by atoms with E-state index in [0.29, 0.717) is 35.5 Å². The molecule has 3 atom stereocenters. The maximum Gasteiger partial charge on any atom is 0.189 e. The zero-order valence-electron chi connectivity index (χ0n) is 10.9. The van der Waals surface area contributed by atoms with Crippen molar-refractivity contribution in [2.75, 3.05) is 6.61 Å². The van der Waals surface area contributed by atoms with Crippen LogP contribution in [0.2, 0.25) is 0 Å². The van der Waals surface area contributed by atoms with Gasteiger partial charge in [-0.3, -0.25) is 0 Å². The van der Waals surface area contributed by atoms with Crippen LogP contribution < -0.4 is 11.1 Å². The maximum atomic E-state index is 6.06. The van der Waals surface area contributed by atoms with Gasteiger partial charge in [0.15, 0.2) is 5.96 Å². The van der Waals surface area contributed by atoms with Crippen LogP contribution in [-0.4, -0.2) is 30.8 Å². The molecule has 1 heterocycles. The van der Waals surface area contributed by atoms with E-state index in [1.807, 2.05) is 0 Å². The Balaban J connectivity index is 1.54. The lowest BCUT2D eigenvalue weighted by atomic mass is 9.54. The van der Waals surface area contributed by atoms with E-state index in [2.05, 4.69) is 5.32 Å². The monoisotopic (exact) mass is 249 g/mol. The zero-order chi connectivity index (χ0) is 12.2. The van der Waals surface area contributed by atoms with Crippen LogP contribution in [0, 0.1) is 11.3 Å². The molecule has 3 saturated carbocycles. The summed E-state index contributed by atoms with van der Waals surface area (Å²) in [5.41, 5.74) is 6.40. The second kappa shape index (κ2) is 3.86. The van der Waals surface area contributed by atoms with Gasteiger partial charge in [-0.15, -0.1) is 0 Å². The molecule has 3 aliphatic carbocycles. The summed E-state index contributed by atoms with van der Waals surface area (Å²) in [4.78, 5) is 4.84. The number of rotatable bonds is 2. The highest BCUT2D eigenvalue weighted by Gasteiger charge is 2.65. The fourth-order valence-corrected chi connectivity index (χ4v) is 4.46. The van der Waals surface area contributed by atoms with Gasteiger partial charge in [-0.25, -0.2) is 4.99 Å². The third kappa shape index (κ3) is 1.51. The molecule has 0 bridgehead atoms. The average molecular weight is 249 g/mol. The molecule has 0 aromatic carbocycles. The van der Waals surface area contributed by atoms with Gasteiger partial charge in [0.1, 0.15) is 0 Å². The SMILES string of the molecule is NC(=NC1C2CCOC2C12CCCC2)NC1CC1. The fraction of sp³-hybridized carbons (Fsp3) is 0.929. The molecule has 0 amide bonds. The predicted octanol–water partition coefficient (Wildman–Crippen LogP) is 1.40. The fourth-order valence-electron chi connectivity index (χ4n) is 4.46. The van der Waals surface area contributed by atoms with Crippen LogP contribution in [0.25, 0.3) is 0 Å². The topological polar surface area (TPSA) is 59.6 Å². The summed E-state index contributed by atoms with van der Waals surface area (Å²) >= 11 is 0. The van der Waals surface area contributed by atoms with Gasteiger partial charge < -0.3 is 15.8 Å². The van der Waals surface area contributed by atoms with E-state index in [0.717, 1.165) is 6.61 Å². The standard InChI is InChI=1S/C14H23N3O/c15-13(16-9-3-4-9)17-11-10-5-8-18-12(10)14(11)6-1-2-7-14/h9-12H,1-8H2,(H3,15,16,17). The molecule has 4 heteroatoms. The van der Waals surface area contributed by atoms with E-state index < -0.39 is 0 Å². The summed E-state index contributed by atoms with van der Waals surface area (Å²) in [7, 11) is 0. The minimum Gasteiger partial charge on any atom is -0.377 e. The van der Waals surface area contributed by atoms with Crippen LogP contribution in [0.1, 0.15) is 44.9 Å². The molecule has 0 aromatic rings. The number of nitrogens with zero attached hydrogens (tertiary/aromatic N) is 1. The predicted molar refractivity (Wildman–Crippen MR) is 70.3 cm³/mol. The van der Waals surface area contributed by atoms with Crippen LogP contribution in [0.5, 0.6) is 0 Å². The van der Waals surface area contributed by atoms with Crippen molar-refractivity contribution in [2.24, 2.45) is 22.1 Å². The van der Waals surface area contributed by atoms with Crippen molar-refractivity contribution in [1.82, 2.24) is 5.32 Å². The van der Waals surface area contributed by atoms with Crippen LogP contribution in [0.3, 0.4) is 0 Å². The largest absolute Gasteiger partial charge is 0.377 e. The van der Waals surface area contributed by atoms with Gasteiger partial charge in [0, 0.05) is 24.0 Å². The number of ether oxygens (including phenoxy) is 1. The molecule has 4 aliphatic rings. The van der Waals surface area contributed by atoms with Crippen LogP contribution in [-0.2, 0) is 4.74 Å². The minimum absolute atomic E-state index is 0.344. The first-order chi connectivity index (χ1) is 8.79. The van der Waals surface area contributed by atoms with E-state index in [1.165, 1.54) is 44.9 Å². The molecule has 18 heavy (non-hydrogen) atoms. The molecule has 3 unspecified atom stereocenters. The van der Waals surface area contributed by atoms with Crippen LogP contribution in [0.15, 0.2) is 4.99 Å². The smallest absolute Gasteiger partial charge is 0.189 e. The second-order valence-electron chi connectivity index (χ2n) is 6.56. The van der Waals surface area contributed by atoms with Crippen molar-refractivity contribution in [3.63, 3.8) is 0 Å². The van der Waals surface area contributed by atoms with Gasteiger partial charge in [-0.1, -0.05) is 12.8 Å². The Morgan fingerprint density at radius 1 is 1.22 bits per heavy atom. The zero-order valence-corrected chi connectivity index (χ0v) is 10.9. The lowest BCUT2D eigenvalue weighted by molar-refractivity contribution is -0.117. The summed E-state index contributed by atoms with van der Waals surface area (Å²) in [6.07, 6.45) is 9.43. The van der Waals surface area contributed by atoms with Gasteiger partial charge in [-0.2, -0.15) is 0 Å². The summed E-state index contributed by atoms with van der Waals surface area (Å²) < 4.78 is 5.96. The molecule has 100 valence electrons. The third-order valence-electron chi connectivity index (χ3n) is 5.44. The van der Waals surface area contributed by atoms with Crippen molar-refractivity contribution in [2.45, 2.75) is 63.1 Å². The van der Waals surface area contributed by atoms with Crippen molar-refractivity contribution < 1.29 is 4.74 Å². The van der Waals surface area contributed by atoms with E-state index in [4.69, 9.17) is 15.5 Å². The van der Waals surface area contributed by atoms with Gasteiger partial charge >= 0.3 is 0 Å². The minimum atomic E-state index is 0.344. The molecular formula is C14H23N3O. The Morgan fingerprint density at radius 2 is 2.00 bits per heavy atom. The Bertz CT molecular complexity index is 371. The quantitative estimate of drug-likeness (QED) is 0.574. The highest BCUT2D eigenvalue weighted by molar-refractivity contribution is 5.78. The number of guanidine groups is 1. The van der Waals surface area contributed by atoms with E-state index in [9.17, 15) is 0 Å². The Kier molecular flexibility index (Phi) is 2.38. The highest BCUT2D eigenvalue weighted by atomic mass is 16.5. The lowest BCUT2D eigenvalue weighted by Crippen LogP contribution is -2.61. The number of nitrogens with one attached hydrogen (secondary N) is 1. The van der Waals surface area contributed by atoms with E-state index in [-0.39, 0.29) is 0 Å². The summed E-state index contributed by atoms with van der Waals surface area (Å²) in [6, 6.07) is 1.03. The van der Waals surface area contributed by atoms with Crippen molar-refractivity contribution in [3.8, 4) is 0 Å². The van der Waals surface area contributed by atoms with E-state index in [1.54, 1.807) is 0 Å². The summed E-state index contributed by atoms with van der Waals surface area (Å²) in [5, 5.41) is 3.33. The molecule has 4 nitrogen and oxygen atoms in total. The van der Waals surface area contributed by atoms with Gasteiger partial charge in [0.05, 0.1) is 12.1 Å². The Morgan fingerprint density at radius 3 is 2.72 bits per heavy atom. The molecule has 3 N–H and O–H groups in total. The van der Waals surface area contributed by atoms with Gasteiger partial charge in [-0.05, 0) is 32.1 Å². The molecule has 1 spiro atoms. The molecular weight excluding hydrogens is 226 g/mol. The molecule has 4 fully saturated rings. The second-order valence-corrected chi connectivity index (χ2v) is 6.56. The summed E-state index contributed by atoms with van der Waals surface area (Å²) in [5.74, 6) is 1.32. The third-order valence-corrected chi connectivity index (χ3v) is 5.44. The molecule has 1 saturated heterocycles. The normalized spacial score (nSPS) is 41.8. The van der Waals surface area contributed by atoms with Gasteiger partial charge in [0.2, 0.25) is 0 Å². The summed E-state index contributed by atoms with van der Waals surface area (Å²) in [6.45, 7) is 0.930. The van der Waals surface area contributed by atoms with Crippen LogP contribution in [0.4, 0.5) is 0 Å². The Hall–Kier alpha value is -0.770. The van der Waals surface area contributed by atoms with Crippen LogP contribution >= 0.6 is 0 Å². The number of hydrogen-bond donors (Lipinski definition) is 2.